The van der Waals surface area contributed by atoms with E-state index in [1.165, 1.54) is 33.2 Å². The van der Waals surface area contributed by atoms with Crippen molar-refractivity contribution in [2.45, 2.75) is 33.5 Å². The van der Waals surface area contributed by atoms with Gasteiger partial charge in [-0.15, -0.1) is 0 Å². The summed E-state index contributed by atoms with van der Waals surface area (Å²) in [6.07, 6.45) is -3.46. The summed E-state index contributed by atoms with van der Waals surface area (Å²) in [4.78, 5) is 22.6. The monoisotopic (exact) mass is 501 g/mol. The zero-order chi connectivity index (χ0) is 24.8. The summed E-state index contributed by atoms with van der Waals surface area (Å²) in [7, 11) is 2.81. The van der Waals surface area contributed by atoms with E-state index in [1.807, 2.05) is 13.0 Å². The molecule has 7 nitrogen and oxygen atoms in total. The molecule has 0 saturated carbocycles. The molecule has 11 heteroatoms. The molecule has 178 valence electrons. The van der Waals surface area contributed by atoms with E-state index in [4.69, 9.17) is 37.6 Å². The molecule has 0 saturated heterocycles. The number of amides is 1. The van der Waals surface area contributed by atoms with Gasteiger partial charge in [-0.2, -0.15) is 8.78 Å². The summed E-state index contributed by atoms with van der Waals surface area (Å²) in [5, 5.41) is 10.5. The third-order valence-corrected chi connectivity index (χ3v) is 4.89. The lowest BCUT2D eigenvalue weighted by atomic mass is 9.98. The third kappa shape index (κ3) is 7.03. The molecule has 0 heterocycles. The molecule has 0 aliphatic rings. The van der Waals surface area contributed by atoms with Gasteiger partial charge in [0.1, 0.15) is 19.5 Å². The van der Waals surface area contributed by atoms with Crippen LogP contribution < -0.4 is 10.1 Å². The molecule has 0 aliphatic heterocycles. The standard InChI is InChI=1S/C22H23Cl2F2N3O4/c1-12-7-6-8-15(20(29-31-5)21(30)27-4)16(12)11-32-28-13(2)19-17(24)9-14(23)10-18(19)33-22(3,25)26/h6-10H,11H2,1-5H3,(H,27,30)/b28-13+,29-20+. The molecule has 0 bridgehead atoms. The highest BCUT2D eigenvalue weighted by molar-refractivity contribution is 6.45. The Hall–Kier alpha value is -2.91. The molecule has 2 rings (SSSR count). The molecule has 2 aromatic rings. The average Bonchev–Trinajstić information content (AvgIpc) is 2.71. The summed E-state index contributed by atoms with van der Waals surface area (Å²) in [5.74, 6) is -0.686. The SMILES string of the molecule is CNC(=O)/C(=N/OC)c1cccc(C)c1CO/N=C(\C)c1c(Cl)cc(Cl)cc1OC(C)(F)F. The number of halogens is 4. The van der Waals surface area contributed by atoms with Crippen LogP contribution in [0.5, 0.6) is 5.75 Å². The maximum Gasteiger partial charge on any atom is 0.394 e. The lowest BCUT2D eigenvalue weighted by Gasteiger charge is -2.17. The Morgan fingerprint density at radius 2 is 1.91 bits per heavy atom. The first-order chi connectivity index (χ1) is 15.5. The lowest BCUT2D eigenvalue weighted by molar-refractivity contribution is -0.159. The summed E-state index contributed by atoms with van der Waals surface area (Å²) < 4.78 is 31.7. The molecule has 0 aromatic heterocycles. The van der Waals surface area contributed by atoms with Crippen molar-refractivity contribution in [3.8, 4) is 5.75 Å². The van der Waals surface area contributed by atoms with E-state index in [1.54, 1.807) is 12.1 Å². The number of benzene rings is 2. The normalized spacial score (nSPS) is 12.4. The smallest absolute Gasteiger partial charge is 0.394 e. The average molecular weight is 502 g/mol. The predicted molar refractivity (Wildman–Crippen MR) is 124 cm³/mol. The number of rotatable bonds is 9. The summed E-state index contributed by atoms with van der Waals surface area (Å²) in [5.41, 5.74) is 2.29. The maximum absolute atomic E-state index is 13.5. The van der Waals surface area contributed by atoms with Gasteiger partial charge in [0, 0.05) is 30.1 Å². The van der Waals surface area contributed by atoms with Crippen molar-refractivity contribution >= 4 is 40.5 Å². The number of aryl methyl sites for hydroxylation is 1. The minimum atomic E-state index is -3.46. The van der Waals surface area contributed by atoms with Crippen molar-refractivity contribution in [3.05, 3.63) is 62.6 Å². The minimum Gasteiger partial charge on any atom is -0.432 e. The Bertz CT molecular complexity index is 1090. The van der Waals surface area contributed by atoms with Gasteiger partial charge in [0.25, 0.3) is 5.91 Å². The van der Waals surface area contributed by atoms with E-state index < -0.39 is 12.0 Å². The van der Waals surface area contributed by atoms with Gasteiger partial charge in [-0.05, 0) is 31.5 Å². The maximum atomic E-state index is 13.5. The van der Waals surface area contributed by atoms with Crippen LogP contribution in [0.2, 0.25) is 10.0 Å². The van der Waals surface area contributed by atoms with Crippen molar-refractivity contribution in [1.29, 1.82) is 0 Å². The summed E-state index contributed by atoms with van der Waals surface area (Å²) >= 11 is 12.1. The quantitative estimate of drug-likeness (QED) is 0.371. The molecule has 0 aliphatic carbocycles. The predicted octanol–water partition coefficient (Wildman–Crippen LogP) is 5.33. The number of nitrogens with zero attached hydrogens (tertiary/aromatic N) is 2. The minimum absolute atomic E-state index is 0.0512. The zero-order valence-corrected chi connectivity index (χ0v) is 20.1. The van der Waals surface area contributed by atoms with E-state index in [9.17, 15) is 13.6 Å². The number of likely N-dealkylation sites (N-methyl/N-ethyl adjacent to an activating group) is 1. The molecule has 1 amide bonds. The number of hydrogen-bond donors (Lipinski definition) is 1. The molecule has 0 unspecified atom stereocenters. The van der Waals surface area contributed by atoms with Crippen LogP contribution in [0.3, 0.4) is 0 Å². The fraction of sp³-hybridized carbons (Fsp3) is 0.318. The fourth-order valence-corrected chi connectivity index (χ4v) is 3.56. The van der Waals surface area contributed by atoms with Crippen LogP contribution in [0, 0.1) is 6.92 Å². The van der Waals surface area contributed by atoms with Gasteiger partial charge in [0.2, 0.25) is 0 Å². The van der Waals surface area contributed by atoms with Crippen LogP contribution in [-0.4, -0.2) is 37.6 Å². The van der Waals surface area contributed by atoms with Crippen LogP contribution in [0.1, 0.15) is 36.1 Å². The van der Waals surface area contributed by atoms with Gasteiger partial charge in [0.05, 0.1) is 16.3 Å². The van der Waals surface area contributed by atoms with Crippen molar-refractivity contribution in [3.63, 3.8) is 0 Å². The van der Waals surface area contributed by atoms with Gasteiger partial charge in [-0.3, -0.25) is 4.79 Å². The first-order valence-electron chi connectivity index (χ1n) is 9.63. The highest BCUT2D eigenvalue weighted by Crippen LogP contribution is 2.34. The first-order valence-corrected chi connectivity index (χ1v) is 10.4. The Morgan fingerprint density at radius 1 is 1.21 bits per heavy atom. The van der Waals surface area contributed by atoms with Gasteiger partial charge < -0.3 is 19.7 Å². The molecular weight excluding hydrogens is 479 g/mol. The lowest BCUT2D eigenvalue weighted by Crippen LogP contribution is -2.29. The highest BCUT2D eigenvalue weighted by atomic mass is 35.5. The topological polar surface area (TPSA) is 81.5 Å². The largest absolute Gasteiger partial charge is 0.432 e. The van der Waals surface area contributed by atoms with Gasteiger partial charge in [-0.1, -0.05) is 51.7 Å². The van der Waals surface area contributed by atoms with E-state index in [0.29, 0.717) is 18.1 Å². The Kier molecular flexibility index (Phi) is 9.01. The number of oxime groups is 2. The number of hydrogen-bond acceptors (Lipinski definition) is 6. The van der Waals surface area contributed by atoms with E-state index in [0.717, 1.165) is 5.56 Å². The second-order valence-corrected chi connectivity index (χ2v) is 7.77. The van der Waals surface area contributed by atoms with E-state index >= 15 is 0 Å². The Morgan fingerprint density at radius 3 is 2.52 bits per heavy atom. The molecule has 0 spiro atoms. The van der Waals surface area contributed by atoms with Crippen molar-refractivity contribution in [1.82, 2.24) is 5.32 Å². The van der Waals surface area contributed by atoms with Crippen LogP contribution in [0.25, 0.3) is 0 Å². The number of alkyl halides is 2. The van der Waals surface area contributed by atoms with Crippen molar-refractivity contribution < 1.29 is 28.0 Å². The van der Waals surface area contributed by atoms with Gasteiger partial charge in [-0.25, -0.2) is 0 Å². The van der Waals surface area contributed by atoms with Crippen molar-refractivity contribution in [2.24, 2.45) is 10.3 Å². The van der Waals surface area contributed by atoms with Crippen LogP contribution in [0.15, 0.2) is 40.6 Å². The Labute approximate surface area is 200 Å². The van der Waals surface area contributed by atoms with Crippen LogP contribution >= 0.6 is 23.2 Å². The van der Waals surface area contributed by atoms with Crippen molar-refractivity contribution in [2.75, 3.05) is 14.2 Å². The number of ether oxygens (including phenoxy) is 1. The van der Waals surface area contributed by atoms with Crippen LogP contribution in [-0.2, 0) is 21.1 Å². The first kappa shape index (κ1) is 26.3. The Balaban J connectivity index is 2.39. The van der Waals surface area contributed by atoms with Gasteiger partial charge in [0.15, 0.2) is 5.71 Å². The second-order valence-electron chi connectivity index (χ2n) is 6.92. The number of carbonyl (C=O) groups is 1. The van der Waals surface area contributed by atoms with Gasteiger partial charge >= 0.3 is 6.11 Å². The zero-order valence-electron chi connectivity index (χ0n) is 18.6. The molecule has 0 radical (unpaired) electrons. The second kappa shape index (κ2) is 11.3. The molecule has 0 fully saturated rings. The fourth-order valence-electron chi connectivity index (χ4n) is 2.95. The molecule has 2 aromatic carbocycles. The van der Waals surface area contributed by atoms with E-state index in [2.05, 4.69) is 15.6 Å². The molecule has 1 N–H and O–H groups in total. The summed E-state index contributed by atoms with van der Waals surface area (Å²) in [6, 6.07) is 7.89. The molecule has 0 atom stereocenters. The number of carbonyl (C=O) groups excluding carboxylic acids is 1. The van der Waals surface area contributed by atoms with Crippen LogP contribution in [0.4, 0.5) is 8.78 Å². The molecule has 33 heavy (non-hydrogen) atoms. The highest BCUT2D eigenvalue weighted by Gasteiger charge is 2.27. The summed E-state index contributed by atoms with van der Waals surface area (Å²) in [6.45, 7) is 3.90. The van der Waals surface area contributed by atoms with E-state index in [-0.39, 0.29) is 39.4 Å². The number of nitrogens with one attached hydrogen (secondary N) is 1. The molecular formula is C22H23Cl2F2N3O4. The third-order valence-electron chi connectivity index (χ3n) is 4.37.